The van der Waals surface area contributed by atoms with E-state index in [1.165, 1.54) is 5.56 Å². The number of carbonyl (C=O) groups is 1. The Kier molecular flexibility index (Phi) is 4.89. The van der Waals surface area contributed by atoms with Gasteiger partial charge < -0.3 is 10.2 Å². The lowest BCUT2D eigenvalue weighted by molar-refractivity contribution is -0.120. The Morgan fingerprint density at radius 1 is 1.15 bits per heavy atom. The molecule has 0 aliphatic carbocycles. The molecule has 0 fully saturated rings. The number of benzene rings is 2. The maximum atomic E-state index is 11.6. The Morgan fingerprint density at radius 3 is 2.55 bits per heavy atom. The van der Waals surface area contributed by atoms with Crippen LogP contribution >= 0.6 is 0 Å². The number of amides is 1. The quantitative estimate of drug-likeness (QED) is 0.669. The zero-order chi connectivity index (χ0) is 14.2. The Bertz CT molecular complexity index is 577. The lowest BCUT2D eigenvalue weighted by Crippen LogP contribution is -2.16. The number of hydrogen-bond acceptors (Lipinski definition) is 3. The molecule has 4 nitrogen and oxygen atoms in total. The van der Waals surface area contributed by atoms with E-state index in [9.17, 15) is 4.79 Å². The Hall–Kier alpha value is -2.62. The molecule has 0 saturated heterocycles. The van der Waals surface area contributed by atoms with Gasteiger partial charge in [0.05, 0.1) is 6.21 Å². The number of rotatable bonds is 5. The molecule has 0 aliphatic heterocycles. The third kappa shape index (κ3) is 4.57. The fourth-order valence-electron chi connectivity index (χ4n) is 1.57. The van der Waals surface area contributed by atoms with Crippen LogP contribution in [0.2, 0.25) is 0 Å². The average Bonchev–Trinajstić information content (AvgIpc) is 2.46. The summed E-state index contributed by atoms with van der Waals surface area (Å²) < 4.78 is 0. The molecule has 0 radical (unpaired) electrons. The van der Waals surface area contributed by atoms with E-state index in [0.29, 0.717) is 0 Å². The molecule has 0 spiro atoms. The minimum atomic E-state index is -0.239. The van der Waals surface area contributed by atoms with Gasteiger partial charge in [-0.1, -0.05) is 53.2 Å². The van der Waals surface area contributed by atoms with E-state index in [2.05, 4.69) is 10.5 Å². The van der Waals surface area contributed by atoms with E-state index in [-0.39, 0.29) is 12.5 Å². The average molecular weight is 268 g/mol. The van der Waals surface area contributed by atoms with Crippen molar-refractivity contribution < 1.29 is 9.63 Å². The minimum absolute atomic E-state index is 0.114. The molecule has 102 valence electrons. The van der Waals surface area contributed by atoms with Crippen molar-refractivity contribution in [3.05, 3.63) is 65.7 Å². The molecule has 4 heteroatoms. The third-order valence-corrected chi connectivity index (χ3v) is 2.61. The second-order valence-corrected chi connectivity index (χ2v) is 4.33. The van der Waals surface area contributed by atoms with Crippen molar-refractivity contribution >= 4 is 17.8 Å². The van der Waals surface area contributed by atoms with Crippen molar-refractivity contribution in [3.8, 4) is 0 Å². The summed E-state index contributed by atoms with van der Waals surface area (Å²) in [7, 11) is 0. The largest absolute Gasteiger partial charge is 0.386 e. The number of nitrogens with one attached hydrogen (secondary N) is 1. The number of oxime groups is 1. The van der Waals surface area contributed by atoms with Gasteiger partial charge >= 0.3 is 0 Å². The smallest absolute Gasteiger partial charge is 0.265 e. The molecular formula is C16H16N2O2. The van der Waals surface area contributed by atoms with E-state index in [1.807, 2.05) is 61.5 Å². The van der Waals surface area contributed by atoms with Crippen LogP contribution in [0, 0.1) is 6.92 Å². The van der Waals surface area contributed by atoms with Crippen molar-refractivity contribution in [2.75, 3.05) is 11.9 Å². The van der Waals surface area contributed by atoms with Gasteiger partial charge in [-0.15, -0.1) is 0 Å². The van der Waals surface area contributed by atoms with E-state index < -0.39 is 0 Å². The van der Waals surface area contributed by atoms with Crippen LogP contribution in [0.3, 0.4) is 0 Å². The second-order valence-electron chi connectivity index (χ2n) is 4.33. The number of anilines is 1. The summed E-state index contributed by atoms with van der Waals surface area (Å²) >= 11 is 0. The first kappa shape index (κ1) is 13.8. The Labute approximate surface area is 118 Å². The molecule has 0 atom stereocenters. The molecule has 1 N–H and O–H groups in total. The van der Waals surface area contributed by atoms with Crippen molar-refractivity contribution in [2.24, 2.45) is 5.16 Å². The number of para-hydroxylation sites is 1. The van der Waals surface area contributed by atoms with Gasteiger partial charge in [-0.3, -0.25) is 4.79 Å². The van der Waals surface area contributed by atoms with E-state index >= 15 is 0 Å². The first-order valence-electron chi connectivity index (χ1n) is 6.31. The maximum Gasteiger partial charge on any atom is 0.265 e. The van der Waals surface area contributed by atoms with Crippen molar-refractivity contribution in [2.45, 2.75) is 6.92 Å². The Balaban J connectivity index is 1.75. The van der Waals surface area contributed by atoms with Gasteiger partial charge in [0.2, 0.25) is 0 Å². The predicted molar refractivity (Wildman–Crippen MR) is 79.8 cm³/mol. The van der Waals surface area contributed by atoms with Crippen molar-refractivity contribution in [3.63, 3.8) is 0 Å². The van der Waals surface area contributed by atoms with Crippen LogP contribution in [0.15, 0.2) is 59.8 Å². The highest BCUT2D eigenvalue weighted by Gasteiger charge is 2.01. The van der Waals surface area contributed by atoms with Crippen LogP contribution in [0.4, 0.5) is 5.69 Å². The first-order chi connectivity index (χ1) is 9.74. The van der Waals surface area contributed by atoms with Crippen LogP contribution in [0.5, 0.6) is 0 Å². The summed E-state index contributed by atoms with van der Waals surface area (Å²) in [6.45, 7) is 1.91. The molecule has 0 unspecified atom stereocenters. The zero-order valence-corrected chi connectivity index (χ0v) is 11.2. The standard InChI is InChI=1S/C16H16N2O2/c1-13-7-9-14(10-8-13)11-17-20-12-16(19)18-15-5-3-2-4-6-15/h2-11H,12H2,1H3,(H,18,19)/b17-11-. The van der Waals surface area contributed by atoms with Gasteiger partial charge in [0.15, 0.2) is 6.61 Å². The second kappa shape index (κ2) is 7.09. The highest BCUT2D eigenvalue weighted by atomic mass is 16.6. The number of hydrogen-bond donors (Lipinski definition) is 1. The van der Waals surface area contributed by atoms with Crippen LogP contribution in [0.25, 0.3) is 0 Å². The lowest BCUT2D eigenvalue weighted by Gasteiger charge is -2.03. The van der Waals surface area contributed by atoms with Crippen LogP contribution in [-0.2, 0) is 9.63 Å². The molecule has 20 heavy (non-hydrogen) atoms. The van der Waals surface area contributed by atoms with Crippen LogP contribution in [0.1, 0.15) is 11.1 Å². The highest BCUT2D eigenvalue weighted by molar-refractivity contribution is 5.91. The van der Waals surface area contributed by atoms with Crippen LogP contribution < -0.4 is 5.32 Å². The van der Waals surface area contributed by atoms with Gasteiger partial charge in [-0.25, -0.2) is 0 Å². The molecule has 2 aromatic carbocycles. The molecule has 2 rings (SSSR count). The van der Waals surface area contributed by atoms with Gasteiger partial charge in [-0.05, 0) is 24.6 Å². The minimum Gasteiger partial charge on any atom is -0.386 e. The van der Waals surface area contributed by atoms with Gasteiger partial charge in [-0.2, -0.15) is 0 Å². The number of aryl methyl sites for hydroxylation is 1. The SMILES string of the molecule is Cc1ccc(/C=N\OCC(=O)Nc2ccccc2)cc1. The molecular weight excluding hydrogens is 252 g/mol. The Morgan fingerprint density at radius 2 is 1.85 bits per heavy atom. The molecule has 0 bridgehead atoms. The van der Waals surface area contributed by atoms with Crippen LogP contribution in [-0.4, -0.2) is 18.7 Å². The molecule has 1 amide bonds. The number of carbonyl (C=O) groups excluding carboxylic acids is 1. The summed E-state index contributed by atoms with van der Waals surface area (Å²) in [6.07, 6.45) is 1.58. The normalized spacial score (nSPS) is 10.4. The summed E-state index contributed by atoms with van der Waals surface area (Å²) in [6, 6.07) is 17.1. The fraction of sp³-hybridized carbons (Fsp3) is 0.125. The summed E-state index contributed by atoms with van der Waals surface area (Å²) in [4.78, 5) is 16.5. The predicted octanol–water partition coefficient (Wildman–Crippen LogP) is 2.98. The molecule has 0 heterocycles. The van der Waals surface area contributed by atoms with Gasteiger partial charge in [0.1, 0.15) is 0 Å². The van der Waals surface area contributed by atoms with Crippen molar-refractivity contribution in [1.29, 1.82) is 0 Å². The summed E-state index contributed by atoms with van der Waals surface area (Å²) in [5.74, 6) is -0.239. The van der Waals surface area contributed by atoms with Gasteiger partial charge in [0, 0.05) is 5.69 Å². The molecule has 0 saturated carbocycles. The maximum absolute atomic E-state index is 11.6. The number of nitrogens with zero attached hydrogens (tertiary/aromatic N) is 1. The van der Waals surface area contributed by atoms with E-state index in [4.69, 9.17) is 4.84 Å². The fourth-order valence-corrected chi connectivity index (χ4v) is 1.57. The molecule has 0 aliphatic rings. The monoisotopic (exact) mass is 268 g/mol. The lowest BCUT2D eigenvalue weighted by atomic mass is 10.2. The molecule has 2 aromatic rings. The van der Waals surface area contributed by atoms with E-state index in [1.54, 1.807) is 6.21 Å². The van der Waals surface area contributed by atoms with Crippen molar-refractivity contribution in [1.82, 2.24) is 0 Å². The zero-order valence-electron chi connectivity index (χ0n) is 11.2. The summed E-state index contributed by atoms with van der Waals surface area (Å²) in [5, 5.41) is 6.48. The van der Waals surface area contributed by atoms with Gasteiger partial charge in [0.25, 0.3) is 5.91 Å². The summed E-state index contributed by atoms with van der Waals surface area (Å²) in [5.41, 5.74) is 2.85. The van der Waals surface area contributed by atoms with E-state index in [0.717, 1.165) is 11.3 Å². The molecule has 0 aromatic heterocycles. The first-order valence-corrected chi connectivity index (χ1v) is 6.31. The highest BCUT2D eigenvalue weighted by Crippen LogP contribution is 2.04. The topological polar surface area (TPSA) is 50.7 Å². The third-order valence-electron chi connectivity index (χ3n) is 2.61.